The molecule has 0 aliphatic heterocycles. The molecule has 0 unspecified atom stereocenters. The number of carbonyl (C=O) groups is 3. The first-order valence-corrected chi connectivity index (χ1v) is 11.0. The summed E-state index contributed by atoms with van der Waals surface area (Å²) in [6.45, 7) is 5.95. The van der Waals surface area contributed by atoms with Crippen molar-refractivity contribution in [2.45, 2.75) is 45.1 Å². The number of hydrogen-bond acceptors (Lipinski definition) is 6. The number of Topliss-reactive ketones (excluding diaryl/α,β-unsaturated/α-hetero) is 2. The molecule has 8 nitrogen and oxygen atoms in total. The maximum Gasteiger partial charge on any atom is 0.307 e. The number of aromatic nitrogens is 1. The number of carbonyl (C=O) groups excluding carboxylic acids is 3. The molecule has 0 spiro atoms. The van der Waals surface area contributed by atoms with Crippen LogP contribution >= 0.6 is 11.6 Å². The SMILES string of the molecule is CC(=O)c1c(C)[nH]c(C(=O)[C@H](C)OC(=O)CCNS(=O)(=O)c2cccc(Cl)c2)c1C. The van der Waals surface area contributed by atoms with Crippen LogP contribution in [0.15, 0.2) is 29.2 Å². The Balaban J connectivity index is 1.94. The number of H-pyrrole nitrogens is 1. The van der Waals surface area contributed by atoms with Gasteiger partial charge >= 0.3 is 5.97 Å². The van der Waals surface area contributed by atoms with Gasteiger partial charge in [-0.05, 0) is 51.5 Å². The van der Waals surface area contributed by atoms with Crippen LogP contribution in [-0.4, -0.2) is 43.6 Å². The Kier molecular flexibility index (Phi) is 7.57. The molecule has 2 aromatic rings. The van der Waals surface area contributed by atoms with Crippen LogP contribution in [0.25, 0.3) is 0 Å². The minimum absolute atomic E-state index is 0.0224. The van der Waals surface area contributed by atoms with Crippen LogP contribution < -0.4 is 4.72 Å². The van der Waals surface area contributed by atoms with Crippen molar-refractivity contribution in [1.29, 1.82) is 0 Å². The van der Waals surface area contributed by atoms with Gasteiger partial charge in [-0.3, -0.25) is 14.4 Å². The summed E-state index contributed by atoms with van der Waals surface area (Å²) in [5, 5.41) is 0.271. The van der Waals surface area contributed by atoms with Crippen molar-refractivity contribution in [3.63, 3.8) is 0 Å². The molecule has 162 valence electrons. The summed E-state index contributed by atoms with van der Waals surface area (Å²) in [7, 11) is -3.83. The quantitative estimate of drug-likeness (QED) is 0.443. The Morgan fingerprint density at radius 2 is 1.90 bits per heavy atom. The molecule has 30 heavy (non-hydrogen) atoms. The molecule has 0 amide bonds. The number of ether oxygens (including phenoxy) is 1. The third kappa shape index (κ3) is 5.56. The van der Waals surface area contributed by atoms with E-state index in [0.717, 1.165) is 0 Å². The molecule has 1 atom stereocenters. The van der Waals surface area contributed by atoms with Crippen LogP contribution in [0, 0.1) is 13.8 Å². The summed E-state index contributed by atoms with van der Waals surface area (Å²) in [5.41, 5.74) is 1.71. The summed E-state index contributed by atoms with van der Waals surface area (Å²) < 4.78 is 31.8. The smallest absolute Gasteiger partial charge is 0.307 e. The van der Waals surface area contributed by atoms with E-state index >= 15 is 0 Å². The molecule has 0 aliphatic rings. The zero-order valence-corrected chi connectivity index (χ0v) is 18.6. The van der Waals surface area contributed by atoms with E-state index in [1.807, 2.05) is 0 Å². The van der Waals surface area contributed by atoms with E-state index in [4.69, 9.17) is 16.3 Å². The van der Waals surface area contributed by atoms with E-state index < -0.39 is 27.9 Å². The molecule has 1 aromatic heterocycles. The molecule has 0 bridgehead atoms. The first-order valence-electron chi connectivity index (χ1n) is 9.13. The van der Waals surface area contributed by atoms with Gasteiger partial charge in [-0.1, -0.05) is 17.7 Å². The van der Waals surface area contributed by atoms with Gasteiger partial charge in [0.15, 0.2) is 11.9 Å². The zero-order valence-electron chi connectivity index (χ0n) is 17.0. The Morgan fingerprint density at radius 1 is 1.23 bits per heavy atom. The Labute approximate surface area is 180 Å². The van der Waals surface area contributed by atoms with Gasteiger partial charge in [-0.15, -0.1) is 0 Å². The molecule has 0 saturated carbocycles. The van der Waals surface area contributed by atoms with E-state index in [-0.39, 0.29) is 34.4 Å². The minimum atomic E-state index is -3.83. The standard InChI is InChI=1S/C20H23ClN2O6S/c1-11-18(13(3)24)12(2)23-19(11)20(26)14(4)29-17(25)8-9-22-30(27,28)16-7-5-6-15(21)10-16/h5-7,10,14,22-23H,8-9H2,1-4H3/t14-/m0/s1. The van der Waals surface area contributed by atoms with Crippen LogP contribution in [0.1, 0.15) is 52.4 Å². The molecule has 10 heteroatoms. The van der Waals surface area contributed by atoms with E-state index in [0.29, 0.717) is 16.8 Å². The van der Waals surface area contributed by atoms with Crippen molar-refractivity contribution < 1.29 is 27.5 Å². The van der Waals surface area contributed by atoms with Crippen molar-refractivity contribution in [3.8, 4) is 0 Å². The van der Waals surface area contributed by atoms with Crippen LogP contribution in [0.5, 0.6) is 0 Å². The van der Waals surface area contributed by atoms with Crippen molar-refractivity contribution in [2.75, 3.05) is 6.54 Å². The molecule has 2 N–H and O–H groups in total. The van der Waals surface area contributed by atoms with Crippen molar-refractivity contribution in [1.82, 2.24) is 9.71 Å². The van der Waals surface area contributed by atoms with Crippen molar-refractivity contribution >= 4 is 39.2 Å². The molecular formula is C20H23ClN2O6S. The van der Waals surface area contributed by atoms with Crippen LogP contribution in [0.4, 0.5) is 0 Å². The number of ketones is 2. The van der Waals surface area contributed by atoms with Gasteiger partial charge < -0.3 is 9.72 Å². The van der Waals surface area contributed by atoms with E-state index in [1.165, 1.54) is 32.0 Å². The van der Waals surface area contributed by atoms with Gasteiger partial charge in [-0.25, -0.2) is 13.1 Å². The number of aromatic amines is 1. The third-order valence-corrected chi connectivity index (χ3v) is 6.13. The number of sulfonamides is 1. The predicted octanol–water partition coefficient (Wildman–Crippen LogP) is 2.97. The molecule has 0 aliphatic carbocycles. The lowest BCUT2D eigenvalue weighted by molar-refractivity contribution is -0.146. The summed E-state index contributed by atoms with van der Waals surface area (Å²) in [4.78, 5) is 39.2. The summed E-state index contributed by atoms with van der Waals surface area (Å²) in [5.74, 6) is -1.38. The summed E-state index contributed by atoms with van der Waals surface area (Å²) in [6.07, 6.45) is -1.36. The summed E-state index contributed by atoms with van der Waals surface area (Å²) in [6, 6.07) is 5.71. The maximum absolute atomic E-state index is 12.6. The zero-order chi connectivity index (χ0) is 22.6. The van der Waals surface area contributed by atoms with Gasteiger partial charge in [-0.2, -0.15) is 0 Å². The fourth-order valence-electron chi connectivity index (χ4n) is 3.04. The van der Waals surface area contributed by atoms with E-state index in [2.05, 4.69) is 9.71 Å². The number of aryl methyl sites for hydroxylation is 1. The summed E-state index contributed by atoms with van der Waals surface area (Å²) >= 11 is 5.79. The fraction of sp³-hybridized carbons (Fsp3) is 0.350. The topological polar surface area (TPSA) is 122 Å². The maximum atomic E-state index is 12.6. The molecule has 2 rings (SSSR count). The largest absolute Gasteiger partial charge is 0.454 e. The van der Waals surface area contributed by atoms with Gasteiger partial charge in [0.25, 0.3) is 0 Å². The average Bonchev–Trinajstić information content (AvgIpc) is 2.95. The lowest BCUT2D eigenvalue weighted by Crippen LogP contribution is -2.29. The Morgan fingerprint density at radius 3 is 2.47 bits per heavy atom. The number of nitrogens with one attached hydrogen (secondary N) is 2. The monoisotopic (exact) mass is 454 g/mol. The highest BCUT2D eigenvalue weighted by molar-refractivity contribution is 7.89. The first-order chi connectivity index (χ1) is 13.9. The van der Waals surface area contributed by atoms with E-state index in [9.17, 15) is 22.8 Å². The van der Waals surface area contributed by atoms with Gasteiger partial charge in [0.2, 0.25) is 15.8 Å². The highest BCUT2D eigenvalue weighted by Gasteiger charge is 2.26. The van der Waals surface area contributed by atoms with E-state index in [1.54, 1.807) is 19.9 Å². The fourth-order valence-corrected chi connectivity index (χ4v) is 4.37. The first kappa shape index (κ1) is 23.8. The lowest BCUT2D eigenvalue weighted by Gasteiger charge is -2.13. The van der Waals surface area contributed by atoms with Crippen LogP contribution in [0.3, 0.4) is 0 Å². The van der Waals surface area contributed by atoms with Crippen molar-refractivity contribution in [3.05, 3.63) is 51.8 Å². The van der Waals surface area contributed by atoms with Gasteiger partial charge in [0, 0.05) is 22.8 Å². The minimum Gasteiger partial charge on any atom is -0.454 e. The Bertz CT molecular complexity index is 1090. The van der Waals surface area contributed by atoms with Gasteiger partial charge in [0.1, 0.15) is 0 Å². The molecule has 1 heterocycles. The highest BCUT2D eigenvalue weighted by Crippen LogP contribution is 2.20. The molecule has 0 saturated heterocycles. The predicted molar refractivity (Wildman–Crippen MR) is 111 cm³/mol. The van der Waals surface area contributed by atoms with Crippen LogP contribution in [-0.2, 0) is 19.6 Å². The van der Waals surface area contributed by atoms with Gasteiger partial charge in [0.05, 0.1) is 17.0 Å². The third-order valence-electron chi connectivity index (χ3n) is 4.44. The second-order valence-corrected chi connectivity index (χ2v) is 8.99. The molecular weight excluding hydrogens is 432 g/mol. The molecule has 1 aromatic carbocycles. The highest BCUT2D eigenvalue weighted by atomic mass is 35.5. The normalized spacial score (nSPS) is 12.4. The number of halogens is 1. The number of hydrogen-bond donors (Lipinski definition) is 2. The second kappa shape index (κ2) is 9.55. The average molecular weight is 455 g/mol. The van der Waals surface area contributed by atoms with Crippen LogP contribution in [0.2, 0.25) is 5.02 Å². The molecule has 0 radical (unpaired) electrons. The number of rotatable bonds is 9. The number of benzene rings is 1. The molecule has 0 fully saturated rings. The second-order valence-electron chi connectivity index (χ2n) is 6.78. The van der Waals surface area contributed by atoms with Crippen molar-refractivity contribution in [2.24, 2.45) is 0 Å². The number of esters is 1. The Hall–Kier alpha value is -2.49. The lowest BCUT2D eigenvalue weighted by atomic mass is 10.0.